The Kier molecular flexibility index (Phi) is 5.22. The van der Waals surface area contributed by atoms with Crippen molar-refractivity contribution in [2.75, 3.05) is 7.11 Å². The molecule has 0 bridgehead atoms. The summed E-state index contributed by atoms with van der Waals surface area (Å²) in [5.41, 5.74) is 2.48. The summed E-state index contributed by atoms with van der Waals surface area (Å²) in [5, 5.41) is 0.691. The van der Waals surface area contributed by atoms with Crippen molar-refractivity contribution in [3.05, 3.63) is 47.7 Å². The zero-order valence-corrected chi connectivity index (χ0v) is 13.4. The quantitative estimate of drug-likeness (QED) is 0.919. The smallest absolute Gasteiger partial charge is 0.138 e. The number of hydrogen-bond donors (Lipinski definition) is 1. The Hall–Kier alpha value is -0.970. The molecule has 1 aliphatic heterocycles. The van der Waals surface area contributed by atoms with E-state index in [2.05, 4.69) is 41.1 Å². The van der Waals surface area contributed by atoms with Crippen LogP contribution in [0.3, 0.4) is 0 Å². The highest BCUT2D eigenvalue weighted by molar-refractivity contribution is 7.86. The lowest BCUT2D eigenvalue weighted by Gasteiger charge is -2.30. The highest BCUT2D eigenvalue weighted by Crippen LogP contribution is 2.25. The fraction of sp³-hybridized carbons (Fsp3) is 0.529. The minimum atomic E-state index is -0.0831. The van der Waals surface area contributed by atoms with Crippen LogP contribution in [0.15, 0.2) is 46.5 Å². The number of benzene rings is 1. The van der Waals surface area contributed by atoms with E-state index in [-0.39, 0.29) is 17.1 Å². The van der Waals surface area contributed by atoms with Crippen LogP contribution in [0.25, 0.3) is 0 Å². The number of methoxy groups -OCH3 is 1. The molecule has 1 fully saturated rings. The van der Waals surface area contributed by atoms with Gasteiger partial charge in [0.25, 0.3) is 0 Å². The molecule has 2 atom stereocenters. The van der Waals surface area contributed by atoms with Crippen LogP contribution in [0.4, 0.5) is 0 Å². The second kappa shape index (κ2) is 7.34. The Morgan fingerprint density at radius 2 is 1.95 bits per heavy atom. The van der Waals surface area contributed by atoms with Crippen LogP contribution in [0, 0.1) is 0 Å². The van der Waals surface area contributed by atoms with E-state index in [4.69, 9.17) is 9.10 Å². The van der Waals surface area contributed by atoms with Gasteiger partial charge in [-0.05, 0) is 35.4 Å². The maximum atomic E-state index is 5.54. The van der Waals surface area contributed by atoms with Gasteiger partial charge in [-0.2, -0.15) is 0 Å². The normalized spacial score (nSPS) is 27.0. The van der Waals surface area contributed by atoms with Gasteiger partial charge in [-0.15, -0.1) is 0 Å². The van der Waals surface area contributed by atoms with E-state index in [1.165, 1.54) is 43.4 Å². The molecule has 3 rings (SSSR count). The molecule has 4 heteroatoms. The zero-order valence-electron chi connectivity index (χ0n) is 12.6. The average molecular weight is 304 g/mol. The van der Waals surface area contributed by atoms with Crippen LogP contribution in [0.1, 0.15) is 37.7 Å². The van der Waals surface area contributed by atoms with Gasteiger partial charge in [0.2, 0.25) is 0 Å². The minimum Gasteiger partial charge on any atom is -0.362 e. The van der Waals surface area contributed by atoms with Crippen molar-refractivity contribution in [3.63, 3.8) is 0 Å². The van der Waals surface area contributed by atoms with E-state index < -0.39 is 0 Å². The maximum Gasteiger partial charge on any atom is 0.138 e. The monoisotopic (exact) mass is 304 g/mol. The summed E-state index contributed by atoms with van der Waals surface area (Å²) in [7, 11) is 1.68. The molecule has 2 unspecified atom stereocenters. The molecule has 21 heavy (non-hydrogen) atoms. The van der Waals surface area contributed by atoms with Gasteiger partial charge in [0.05, 0.1) is 5.70 Å². The Labute approximate surface area is 130 Å². The van der Waals surface area contributed by atoms with Gasteiger partial charge in [-0.3, -0.25) is 0 Å². The molecule has 1 aromatic carbocycles. The van der Waals surface area contributed by atoms with Crippen LogP contribution in [-0.4, -0.2) is 18.6 Å². The Morgan fingerprint density at radius 3 is 2.67 bits per heavy atom. The lowest BCUT2D eigenvalue weighted by Crippen LogP contribution is -2.39. The summed E-state index contributed by atoms with van der Waals surface area (Å²) in [6, 6.07) is 10.6. The van der Waals surface area contributed by atoms with Gasteiger partial charge in [-0.1, -0.05) is 49.6 Å². The first-order valence-corrected chi connectivity index (χ1v) is 9.08. The molecule has 0 radical (unpaired) electrons. The van der Waals surface area contributed by atoms with Crippen molar-refractivity contribution in [1.29, 1.82) is 0 Å². The van der Waals surface area contributed by atoms with Crippen LogP contribution in [0.2, 0.25) is 0 Å². The summed E-state index contributed by atoms with van der Waals surface area (Å²) in [4.78, 5) is 0. The summed E-state index contributed by atoms with van der Waals surface area (Å²) in [5.74, 6) is 0. The molecular formula is C17H24N2OS. The molecule has 2 aliphatic rings. The number of allylic oxidation sites excluding steroid dienone is 1. The SMILES string of the molecule is COC1C=C(Cc2ccccc2)N=S(C2CCCCC2)N1. The second-order valence-electron chi connectivity index (χ2n) is 5.76. The lowest BCUT2D eigenvalue weighted by molar-refractivity contribution is 0.132. The van der Waals surface area contributed by atoms with E-state index in [1.807, 2.05) is 0 Å². The molecule has 0 amide bonds. The first-order chi connectivity index (χ1) is 10.3. The number of hydrogen-bond acceptors (Lipinski definition) is 3. The lowest BCUT2D eigenvalue weighted by atomic mass is 10.0. The molecule has 0 aromatic heterocycles. The summed E-state index contributed by atoms with van der Waals surface area (Å²) < 4.78 is 14.1. The molecule has 0 spiro atoms. The Bertz CT molecular complexity index is 521. The highest BCUT2D eigenvalue weighted by Gasteiger charge is 2.23. The summed E-state index contributed by atoms with van der Waals surface area (Å²) >= 11 is 0. The third kappa shape index (κ3) is 4.02. The molecule has 1 aromatic rings. The van der Waals surface area contributed by atoms with E-state index in [9.17, 15) is 0 Å². The van der Waals surface area contributed by atoms with Crippen molar-refractivity contribution in [3.8, 4) is 0 Å². The highest BCUT2D eigenvalue weighted by atomic mass is 32.2. The summed E-state index contributed by atoms with van der Waals surface area (Å²) in [6.45, 7) is 0. The molecule has 1 heterocycles. The molecular weight excluding hydrogens is 280 g/mol. The molecule has 1 saturated carbocycles. The van der Waals surface area contributed by atoms with Gasteiger partial charge in [-0.25, -0.2) is 9.08 Å². The first-order valence-electron chi connectivity index (χ1n) is 7.83. The van der Waals surface area contributed by atoms with E-state index >= 15 is 0 Å². The van der Waals surface area contributed by atoms with Crippen LogP contribution in [0.5, 0.6) is 0 Å². The maximum absolute atomic E-state index is 5.54. The molecule has 114 valence electrons. The van der Waals surface area contributed by atoms with E-state index in [1.54, 1.807) is 7.11 Å². The fourth-order valence-corrected chi connectivity index (χ4v) is 4.94. The van der Waals surface area contributed by atoms with E-state index in [0.29, 0.717) is 5.25 Å². The van der Waals surface area contributed by atoms with Crippen molar-refractivity contribution >= 4 is 10.9 Å². The van der Waals surface area contributed by atoms with Gasteiger partial charge in [0.15, 0.2) is 0 Å². The fourth-order valence-electron chi connectivity index (χ4n) is 2.98. The van der Waals surface area contributed by atoms with Crippen molar-refractivity contribution < 1.29 is 4.74 Å². The van der Waals surface area contributed by atoms with Crippen LogP contribution < -0.4 is 4.72 Å². The van der Waals surface area contributed by atoms with Gasteiger partial charge in [0.1, 0.15) is 6.23 Å². The van der Waals surface area contributed by atoms with Crippen molar-refractivity contribution in [1.82, 2.24) is 4.72 Å². The average Bonchev–Trinajstić information content (AvgIpc) is 2.56. The number of nitrogens with one attached hydrogen (secondary N) is 1. The number of nitrogens with zero attached hydrogens (tertiary/aromatic N) is 1. The number of rotatable bonds is 4. The van der Waals surface area contributed by atoms with Gasteiger partial charge < -0.3 is 4.74 Å². The standard InChI is InChI=1S/C17H24N2OS/c1-20-17-13-15(12-14-8-4-2-5-9-14)18-21(19-17)16-10-6-3-7-11-16/h2,4-5,8-9,13,16-17H,3,6-7,10-12H2,1H3,(H,18,19). The van der Waals surface area contributed by atoms with Crippen molar-refractivity contribution in [2.45, 2.75) is 50.0 Å². The Balaban J connectivity index is 1.76. The summed E-state index contributed by atoms with van der Waals surface area (Å²) in [6.07, 6.45) is 9.71. The van der Waals surface area contributed by atoms with Crippen LogP contribution in [-0.2, 0) is 22.0 Å². The van der Waals surface area contributed by atoms with Crippen LogP contribution >= 0.6 is 0 Å². The molecule has 1 N–H and O–H groups in total. The first kappa shape index (κ1) is 14.9. The predicted octanol–water partition coefficient (Wildman–Crippen LogP) is 3.74. The van der Waals surface area contributed by atoms with Gasteiger partial charge in [0, 0.05) is 18.8 Å². The Morgan fingerprint density at radius 1 is 1.19 bits per heavy atom. The van der Waals surface area contributed by atoms with E-state index in [0.717, 1.165) is 6.42 Å². The second-order valence-corrected chi connectivity index (χ2v) is 7.47. The molecule has 0 saturated heterocycles. The van der Waals surface area contributed by atoms with Gasteiger partial charge >= 0.3 is 0 Å². The minimum absolute atomic E-state index is 0.00599. The predicted molar refractivity (Wildman–Crippen MR) is 88.8 cm³/mol. The third-order valence-corrected chi connectivity index (χ3v) is 6.15. The molecule has 3 nitrogen and oxygen atoms in total. The topological polar surface area (TPSA) is 33.6 Å². The van der Waals surface area contributed by atoms with Crippen molar-refractivity contribution in [2.24, 2.45) is 4.36 Å². The number of ether oxygens (including phenoxy) is 1. The largest absolute Gasteiger partial charge is 0.362 e. The molecule has 1 aliphatic carbocycles. The third-order valence-electron chi connectivity index (χ3n) is 4.15. The zero-order chi connectivity index (χ0) is 14.5.